The monoisotopic (exact) mass is 566 g/mol. The highest BCUT2D eigenvalue weighted by Crippen LogP contribution is 2.27. The van der Waals surface area contributed by atoms with Crippen LogP contribution in [0.3, 0.4) is 0 Å². The smallest absolute Gasteiger partial charge is 0.352 e. The summed E-state index contributed by atoms with van der Waals surface area (Å²) in [5, 5.41) is 20.3. The molecular formula is C30H46O10. The highest BCUT2D eigenvalue weighted by atomic mass is 16.7. The lowest BCUT2D eigenvalue weighted by molar-refractivity contribution is -0.224. The summed E-state index contributed by atoms with van der Waals surface area (Å²) in [6.45, 7) is 5.87. The van der Waals surface area contributed by atoms with Gasteiger partial charge in [-0.25, -0.2) is 19.2 Å². The van der Waals surface area contributed by atoms with Crippen molar-refractivity contribution in [1.29, 1.82) is 0 Å². The molecule has 10 nitrogen and oxygen atoms in total. The van der Waals surface area contributed by atoms with Crippen molar-refractivity contribution in [1.82, 2.24) is 0 Å². The van der Waals surface area contributed by atoms with E-state index in [1.54, 1.807) is 0 Å². The zero-order valence-electron chi connectivity index (χ0n) is 24.5. The number of carbonyl (C=O) groups is 4. The highest BCUT2D eigenvalue weighted by Gasteiger charge is 2.42. The SMILES string of the molecule is CC1(C)OC(=O)C(=C(O)CCCCCCCCCCCCCCCCC(O)=C2C(=O)OC(C)(C)OC2=O)C(=O)O1. The lowest BCUT2D eigenvalue weighted by Gasteiger charge is -2.30. The van der Waals surface area contributed by atoms with Gasteiger partial charge in [0.2, 0.25) is 0 Å². The standard InChI is InChI=1S/C30H46O10/c1-29(2)37-25(33)23(26(34)38-29)21(31)19-17-15-13-11-9-7-5-6-8-10-12-14-16-18-20-22(32)24-27(35)39-30(3,4)40-28(24)36/h31-32H,5-20H2,1-4H3. The maximum Gasteiger partial charge on any atom is 0.352 e. The van der Waals surface area contributed by atoms with Crippen LogP contribution < -0.4 is 0 Å². The summed E-state index contributed by atoms with van der Waals surface area (Å²) in [4.78, 5) is 47.8. The summed E-state index contributed by atoms with van der Waals surface area (Å²) in [6.07, 6.45) is 15.1. The molecule has 2 aliphatic heterocycles. The average molecular weight is 567 g/mol. The number of carbonyl (C=O) groups excluding carboxylic acids is 4. The maximum absolute atomic E-state index is 12.0. The molecule has 40 heavy (non-hydrogen) atoms. The van der Waals surface area contributed by atoms with E-state index in [9.17, 15) is 29.4 Å². The molecule has 2 N–H and O–H groups in total. The van der Waals surface area contributed by atoms with Crippen LogP contribution in [-0.2, 0) is 38.1 Å². The molecule has 2 heterocycles. The largest absolute Gasteiger partial charge is 0.511 e. The average Bonchev–Trinajstić information content (AvgIpc) is 2.81. The Balaban J connectivity index is 1.42. The Morgan fingerprint density at radius 3 is 0.875 bits per heavy atom. The molecule has 0 aromatic rings. The molecule has 2 aliphatic rings. The van der Waals surface area contributed by atoms with E-state index in [0.29, 0.717) is 12.8 Å². The molecule has 0 radical (unpaired) electrons. The first kappa shape index (κ1) is 33.2. The van der Waals surface area contributed by atoms with Gasteiger partial charge in [-0.2, -0.15) is 0 Å². The van der Waals surface area contributed by atoms with Gasteiger partial charge in [-0.3, -0.25) is 0 Å². The first-order valence-electron chi connectivity index (χ1n) is 14.6. The Morgan fingerprint density at radius 2 is 0.650 bits per heavy atom. The van der Waals surface area contributed by atoms with Gasteiger partial charge in [-0.15, -0.1) is 0 Å². The van der Waals surface area contributed by atoms with E-state index >= 15 is 0 Å². The Kier molecular flexibility index (Phi) is 13.0. The van der Waals surface area contributed by atoms with Crippen molar-refractivity contribution < 1.29 is 48.3 Å². The number of allylic oxidation sites excluding steroid dienone is 2. The van der Waals surface area contributed by atoms with Crippen LogP contribution in [0.4, 0.5) is 0 Å². The first-order valence-corrected chi connectivity index (χ1v) is 14.6. The number of ether oxygens (including phenoxy) is 4. The molecule has 0 bridgehead atoms. The zero-order chi connectivity index (χ0) is 29.8. The van der Waals surface area contributed by atoms with Crippen LogP contribution in [0.1, 0.15) is 130 Å². The zero-order valence-corrected chi connectivity index (χ0v) is 24.5. The van der Waals surface area contributed by atoms with Gasteiger partial charge < -0.3 is 29.2 Å². The molecule has 226 valence electrons. The fourth-order valence-electron chi connectivity index (χ4n) is 4.73. The second-order valence-electron chi connectivity index (χ2n) is 11.5. The molecule has 0 saturated carbocycles. The van der Waals surface area contributed by atoms with Crippen LogP contribution in [0.25, 0.3) is 0 Å². The number of hydrogen-bond donors (Lipinski definition) is 2. The van der Waals surface area contributed by atoms with Gasteiger partial charge in [0.1, 0.15) is 11.5 Å². The quantitative estimate of drug-likeness (QED) is 0.0655. The van der Waals surface area contributed by atoms with Gasteiger partial charge in [0.15, 0.2) is 11.1 Å². The fraction of sp³-hybridized carbons (Fsp3) is 0.733. The van der Waals surface area contributed by atoms with Crippen molar-refractivity contribution in [2.75, 3.05) is 0 Å². The molecule has 0 aromatic heterocycles. The van der Waals surface area contributed by atoms with Crippen LogP contribution in [0.15, 0.2) is 22.7 Å². The van der Waals surface area contributed by atoms with Crippen molar-refractivity contribution in [3.8, 4) is 0 Å². The highest BCUT2D eigenvalue weighted by molar-refractivity contribution is 6.16. The van der Waals surface area contributed by atoms with E-state index in [2.05, 4.69) is 0 Å². The van der Waals surface area contributed by atoms with Gasteiger partial charge in [-0.05, 0) is 12.8 Å². The molecule has 0 atom stereocenters. The number of cyclic esters (lactones) is 4. The Bertz CT molecular complexity index is 851. The molecule has 0 aliphatic carbocycles. The number of aliphatic hydroxyl groups is 2. The maximum atomic E-state index is 12.0. The minimum atomic E-state index is -1.31. The fourth-order valence-corrected chi connectivity index (χ4v) is 4.73. The van der Waals surface area contributed by atoms with Crippen LogP contribution in [-0.4, -0.2) is 45.7 Å². The summed E-state index contributed by atoms with van der Waals surface area (Å²) >= 11 is 0. The molecule has 0 amide bonds. The lowest BCUT2D eigenvalue weighted by Crippen LogP contribution is -2.42. The van der Waals surface area contributed by atoms with Crippen LogP contribution in [0.2, 0.25) is 0 Å². The lowest BCUT2D eigenvalue weighted by atomic mass is 10.0. The third kappa shape index (κ3) is 11.2. The van der Waals surface area contributed by atoms with Gasteiger partial charge in [0, 0.05) is 40.5 Å². The van der Waals surface area contributed by atoms with Crippen LogP contribution in [0, 0.1) is 0 Å². The number of rotatable bonds is 17. The minimum Gasteiger partial charge on any atom is -0.511 e. The van der Waals surface area contributed by atoms with Gasteiger partial charge in [0.25, 0.3) is 11.6 Å². The molecule has 0 unspecified atom stereocenters. The molecule has 2 saturated heterocycles. The van der Waals surface area contributed by atoms with E-state index in [-0.39, 0.29) is 24.4 Å². The third-order valence-electron chi connectivity index (χ3n) is 6.82. The molecule has 0 spiro atoms. The number of unbranched alkanes of at least 4 members (excludes halogenated alkanes) is 13. The molecular weight excluding hydrogens is 520 g/mol. The van der Waals surface area contributed by atoms with Crippen molar-refractivity contribution in [3.05, 3.63) is 22.7 Å². The van der Waals surface area contributed by atoms with E-state index in [0.717, 1.165) is 38.5 Å². The summed E-state index contributed by atoms with van der Waals surface area (Å²) in [7, 11) is 0. The summed E-state index contributed by atoms with van der Waals surface area (Å²) in [6, 6.07) is 0. The van der Waals surface area contributed by atoms with E-state index in [1.165, 1.54) is 66.2 Å². The molecule has 2 rings (SSSR count). The summed E-state index contributed by atoms with van der Waals surface area (Å²) in [5.41, 5.74) is -0.784. The second-order valence-corrected chi connectivity index (χ2v) is 11.5. The van der Waals surface area contributed by atoms with Crippen molar-refractivity contribution in [2.24, 2.45) is 0 Å². The van der Waals surface area contributed by atoms with Gasteiger partial charge in [0.05, 0.1) is 0 Å². The Labute approximate surface area is 237 Å². The predicted octanol–water partition coefficient (Wildman–Crippen LogP) is 6.52. The van der Waals surface area contributed by atoms with Crippen LogP contribution >= 0.6 is 0 Å². The van der Waals surface area contributed by atoms with Gasteiger partial charge in [-0.1, -0.05) is 77.0 Å². The first-order chi connectivity index (χ1) is 18.8. The second kappa shape index (κ2) is 15.7. The molecule has 2 fully saturated rings. The summed E-state index contributed by atoms with van der Waals surface area (Å²) < 4.78 is 20.0. The van der Waals surface area contributed by atoms with Crippen molar-refractivity contribution >= 4 is 23.9 Å². The van der Waals surface area contributed by atoms with E-state index in [4.69, 9.17) is 18.9 Å². The molecule has 10 heteroatoms. The van der Waals surface area contributed by atoms with E-state index < -0.39 is 46.6 Å². The van der Waals surface area contributed by atoms with Crippen molar-refractivity contribution in [2.45, 2.75) is 142 Å². The predicted molar refractivity (Wildman–Crippen MR) is 146 cm³/mol. The normalized spacial score (nSPS) is 18.1. The number of esters is 4. The number of aliphatic hydroxyl groups excluding tert-OH is 2. The summed E-state index contributed by atoms with van der Waals surface area (Å²) in [5.74, 6) is -6.49. The van der Waals surface area contributed by atoms with Gasteiger partial charge >= 0.3 is 23.9 Å². The third-order valence-corrected chi connectivity index (χ3v) is 6.82. The van der Waals surface area contributed by atoms with E-state index in [1.807, 2.05) is 0 Å². The Hall–Kier alpha value is -3.04. The Morgan fingerprint density at radius 1 is 0.450 bits per heavy atom. The molecule has 0 aromatic carbocycles. The minimum absolute atomic E-state index is 0.251. The number of hydrogen-bond acceptors (Lipinski definition) is 10. The van der Waals surface area contributed by atoms with Crippen LogP contribution in [0.5, 0.6) is 0 Å². The topological polar surface area (TPSA) is 146 Å². The van der Waals surface area contributed by atoms with Crippen molar-refractivity contribution in [3.63, 3.8) is 0 Å².